The summed E-state index contributed by atoms with van der Waals surface area (Å²) >= 11 is 5.95. The lowest BCUT2D eigenvalue weighted by Gasteiger charge is -2.25. The van der Waals surface area contributed by atoms with Crippen molar-refractivity contribution >= 4 is 17.5 Å². The molecule has 0 saturated carbocycles. The van der Waals surface area contributed by atoms with Gasteiger partial charge in [0, 0.05) is 18.5 Å². The van der Waals surface area contributed by atoms with Gasteiger partial charge in [0.1, 0.15) is 5.76 Å². The second kappa shape index (κ2) is 6.51. The van der Waals surface area contributed by atoms with Crippen molar-refractivity contribution in [2.75, 3.05) is 6.54 Å². The standard InChI is InChI=1S/C17H17ClF2N2O2/c1-3-15-16(9(2)21-24-15)14-5-4-6-22(14)17(23)10-7-12(19)13(20)8-11(10)18/h7-8,14H,3-6H2,1-2H3. The number of aromatic nitrogens is 1. The van der Waals surface area contributed by atoms with Gasteiger partial charge in [0.15, 0.2) is 11.6 Å². The molecule has 1 aliphatic rings. The Hall–Kier alpha value is -1.95. The minimum Gasteiger partial charge on any atom is -0.361 e. The molecule has 1 amide bonds. The molecule has 3 rings (SSSR count). The third kappa shape index (κ3) is 2.79. The molecule has 7 heteroatoms. The summed E-state index contributed by atoms with van der Waals surface area (Å²) in [5.74, 6) is -1.83. The van der Waals surface area contributed by atoms with Crippen LogP contribution in [-0.2, 0) is 6.42 Å². The molecule has 1 saturated heterocycles. The minimum atomic E-state index is -1.09. The topological polar surface area (TPSA) is 46.3 Å². The van der Waals surface area contributed by atoms with E-state index in [0.29, 0.717) is 13.0 Å². The van der Waals surface area contributed by atoms with Gasteiger partial charge in [-0.05, 0) is 31.9 Å². The van der Waals surface area contributed by atoms with Crippen LogP contribution in [0.5, 0.6) is 0 Å². The first kappa shape index (κ1) is 16.9. The molecule has 1 aliphatic heterocycles. The number of rotatable bonds is 3. The number of halogens is 3. The van der Waals surface area contributed by atoms with Crippen molar-refractivity contribution in [2.45, 2.75) is 39.2 Å². The Morgan fingerprint density at radius 3 is 2.83 bits per heavy atom. The van der Waals surface area contributed by atoms with Crippen molar-refractivity contribution in [1.29, 1.82) is 0 Å². The maximum Gasteiger partial charge on any atom is 0.255 e. The molecule has 1 aromatic heterocycles. The fourth-order valence-corrected chi connectivity index (χ4v) is 3.49. The van der Waals surface area contributed by atoms with E-state index < -0.39 is 17.5 Å². The van der Waals surface area contributed by atoms with Crippen LogP contribution in [0.3, 0.4) is 0 Å². The Morgan fingerprint density at radius 2 is 2.12 bits per heavy atom. The largest absolute Gasteiger partial charge is 0.361 e. The average molecular weight is 355 g/mol. The van der Waals surface area contributed by atoms with Crippen molar-refractivity contribution in [1.82, 2.24) is 10.1 Å². The molecule has 1 fully saturated rings. The Balaban J connectivity index is 1.98. The number of benzene rings is 1. The number of hydrogen-bond acceptors (Lipinski definition) is 3. The van der Waals surface area contributed by atoms with Crippen LogP contribution in [0.1, 0.15) is 53.2 Å². The van der Waals surface area contributed by atoms with Crippen molar-refractivity contribution in [2.24, 2.45) is 0 Å². The van der Waals surface area contributed by atoms with Crippen LogP contribution in [0.2, 0.25) is 5.02 Å². The maximum absolute atomic E-state index is 13.5. The molecule has 128 valence electrons. The van der Waals surface area contributed by atoms with Crippen LogP contribution in [0.15, 0.2) is 16.7 Å². The van der Waals surface area contributed by atoms with Gasteiger partial charge in [0.05, 0.1) is 22.3 Å². The molecule has 24 heavy (non-hydrogen) atoms. The fourth-order valence-electron chi connectivity index (χ4n) is 3.26. The molecule has 2 aromatic rings. The van der Waals surface area contributed by atoms with E-state index in [9.17, 15) is 13.6 Å². The molecular weight excluding hydrogens is 338 g/mol. The molecule has 0 radical (unpaired) electrons. The quantitative estimate of drug-likeness (QED) is 0.765. The van der Waals surface area contributed by atoms with Crippen molar-refractivity contribution < 1.29 is 18.1 Å². The van der Waals surface area contributed by atoms with Gasteiger partial charge in [-0.15, -0.1) is 0 Å². The number of aryl methyl sites for hydroxylation is 2. The number of carbonyl (C=O) groups excluding carboxylic acids is 1. The fraction of sp³-hybridized carbons (Fsp3) is 0.412. The summed E-state index contributed by atoms with van der Waals surface area (Å²) in [7, 11) is 0. The van der Waals surface area contributed by atoms with Gasteiger partial charge in [0.25, 0.3) is 5.91 Å². The first-order valence-electron chi connectivity index (χ1n) is 7.84. The monoisotopic (exact) mass is 354 g/mol. The molecule has 1 aromatic carbocycles. The second-order valence-electron chi connectivity index (χ2n) is 5.86. The highest BCUT2D eigenvalue weighted by Crippen LogP contribution is 2.37. The molecule has 1 atom stereocenters. The average Bonchev–Trinajstić information content (AvgIpc) is 3.16. The predicted octanol–water partition coefficient (Wildman–Crippen LogP) is 4.45. The van der Waals surface area contributed by atoms with E-state index in [1.54, 1.807) is 4.90 Å². The maximum atomic E-state index is 13.5. The van der Waals surface area contributed by atoms with Crippen LogP contribution in [0.25, 0.3) is 0 Å². The van der Waals surface area contributed by atoms with Crippen LogP contribution in [-0.4, -0.2) is 22.5 Å². The van der Waals surface area contributed by atoms with Gasteiger partial charge in [0.2, 0.25) is 0 Å². The third-order valence-electron chi connectivity index (χ3n) is 4.39. The molecule has 0 aliphatic carbocycles. The van der Waals surface area contributed by atoms with Gasteiger partial charge in [-0.3, -0.25) is 4.79 Å². The Labute approximate surface area is 143 Å². The number of carbonyl (C=O) groups is 1. The number of likely N-dealkylation sites (tertiary alicyclic amines) is 1. The van der Waals surface area contributed by atoms with Gasteiger partial charge < -0.3 is 9.42 Å². The lowest BCUT2D eigenvalue weighted by Crippen LogP contribution is -2.31. The van der Waals surface area contributed by atoms with Crippen LogP contribution < -0.4 is 0 Å². The summed E-state index contributed by atoms with van der Waals surface area (Å²) < 4.78 is 32.1. The van der Waals surface area contributed by atoms with Crippen molar-refractivity contribution in [3.05, 3.63) is 51.4 Å². The third-order valence-corrected chi connectivity index (χ3v) is 4.70. The first-order chi connectivity index (χ1) is 11.4. The summed E-state index contributed by atoms with van der Waals surface area (Å²) in [6.07, 6.45) is 2.24. The molecular formula is C17H17ClF2N2O2. The molecule has 2 heterocycles. The zero-order chi connectivity index (χ0) is 17.4. The van der Waals surface area contributed by atoms with E-state index in [4.69, 9.17) is 16.1 Å². The van der Waals surface area contributed by atoms with Crippen LogP contribution in [0.4, 0.5) is 8.78 Å². The SMILES string of the molecule is CCc1onc(C)c1C1CCCN1C(=O)c1cc(F)c(F)cc1Cl. The summed E-state index contributed by atoms with van der Waals surface area (Å²) in [5, 5.41) is 3.90. The van der Waals surface area contributed by atoms with E-state index in [1.807, 2.05) is 13.8 Å². The highest BCUT2D eigenvalue weighted by atomic mass is 35.5. The first-order valence-corrected chi connectivity index (χ1v) is 8.22. The van der Waals surface area contributed by atoms with E-state index in [2.05, 4.69) is 5.16 Å². The predicted molar refractivity (Wildman–Crippen MR) is 85.0 cm³/mol. The van der Waals surface area contributed by atoms with Gasteiger partial charge in [-0.25, -0.2) is 8.78 Å². The minimum absolute atomic E-state index is 0.0328. The zero-order valence-corrected chi connectivity index (χ0v) is 14.2. The molecule has 0 bridgehead atoms. The second-order valence-corrected chi connectivity index (χ2v) is 6.27. The smallest absolute Gasteiger partial charge is 0.255 e. The summed E-state index contributed by atoms with van der Waals surface area (Å²) in [6, 6.07) is 1.50. The van der Waals surface area contributed by atoms with Gasteiger partial charge in [-0.2, -0.15) is 0 Å². The highest BCUT2D eigenvalue weighted by Gasteiger charge is 2.35. The highest BCUT2D eigenvalue weighted by molar-refractivity contribution is 6.33. The van der Waals surface area contributed by atoms with E-state index >= 15 is 0 Å². The number of hydrogen-bond donors (Lipinski definition) is 0. The Bertz CT molecular complexity index is 791. The summed E-state index contributed by atoms with van der Waals surface area (Å²) in [6.45, 7) is 4.31. The lowest BCUT2D eigenvalue weighted by atomic mass is 10.0. The Kier molecular flexibility index (Phi) is 4.58. The van der Waals surface area contributed by atoms with Gasteiger partial charge >= 0.3 is 0 Å². The number of amides is 1. The normalized spacial score (nSPS) is 17.5. The number of nitrogens with zero attached hydrogens (tertiary/aromatic N) is 2. The molecule has 0 spiro atoms. The van der Waals surface area contributed by atoms with Crippen molar-refractivity contribution in [3.63, 3.8) is 0 Å². The van der Waals surface area contributed by atoms with Crippen molar-refractivity contribution in [3.8, 4) is 0 Å². The molecule has 4 nitrogen and oxygen atoms in total. The van der Waals surface area contributed by atoms with Crippen LogP contribution >= 0.6 is 11.6 Å². The van der Waals surface area contributed by atoms with E-state index in [-0.39, 0.29) is 16.6 Å². The Morgan fingerprint density at radius 1 is 1.42 bits per heavy atom. The zero-order valence-electron chi connectivity index (χ0n) is 13.4. The summed E-state index contributed by atoms with van der Waals surface area (Å²) in [4.78, 5) is 14.5. The van der Waals surface area contributed by atoms with Crippen LogP contribution in [0, 0.1) is 18.6 Å². The van der Waals surface area contributed by atoms with E-state index in [0.717, 1.165) is 42.0 Å². The molecule has 0 N–H and O–H groups in total. The molecule has 1 unspecified atom stereocenters. The van der Waals surface area contributed by atoms with Gasteiger partial charge in [-0.1, -0.05) is 23.7 Å². The lowest BCUT2D eigenvalue weighted by molar-refractivity contribution is 0.0734. The van der Waals surface area contributed by atoms with E-state index in [1.165, 1.54) is 0 Å². The summed E-state index contributed by atoms with van der Waals surface area (Å²) in [5.41, 5.74) is 1.62.